The molecule has 0 aliphatic carbocycles. The topological polar surface area (TPSA) is 52.9 Å². The van der Waals surface area contributed by atoms with Gasteiger partial charge in [-0.1, -0.05) is 0 Å². The van der Waals surface area contributed by atoms with Crippen LogP contribution in [0.4, 0.5) is 0 Å². The molecule has 0 radical (unpaired) electrons. The molecular weight excluding hydrogens is 184 g/mol. The molecule has 0 aromatic heterocycles. The third kappa shape index (κ3) is 2.44. The fraction of sp³-hybridized carbons (Fsp3) is 0.833. The van der Waals surface area contributed by atoms with E-state index in [1.165, 1.54) is 0 Å². The number of nitrogens with zero attached hydrogens (tertiary/aromatic N) is 1. The van der Waals surface area contributed by atoms with Crippen molar-refractivity contribution in [1.29, 1.82) is 5.26 Å². The summed E-state index contributed by atoms with van der Waals surface area (Å²) < 4.78 is 10.8. The van der Waals surface area contributed by atoms with E-state index in [2.05, 4.69) is 11.4 Å². The van der Waals surface area contributed by atoms with Gasteiger partial charge in [0.1, 0.15) is 10.0 Å². The summed E-state index contributed by atoms with van der Waals surface area (Å²) in [5, 5.41) is 11.5. The van der Waals surface area contributed by atoms with Gasteiger partial charge in [0.05, 0.1) is 17.2 Å². The van der Waals surface area contributed by atoms with Crippen molar-refractivity contribution in [3.63, 3.8) is 0 Å². The van der Waals surface area contributed by atoms with E-state index in [1.807, 2.05) is 0 Å². The Balaban J connectivity index is 2.47. The van der Waals surface area contributed by atoms with Gasteiger partial charge in [0.2, 0.25) is 0 Å². The van der Waals surface area contributed by atoms with E-state index in [0.717, 1.165) is 0 Å². The predicted octanol–water partition coefficient (Wildman–Crippen LogP) is 0.391. The van der Waals surface area contributed by atoms with E-state index >= 15 is 0 Å². The van der Waals surface area contributed by atoms with Crippen molar-refractivity contribution >= 4 is 20.7 Å². The second kappa shape index (κ2) is 4.05. The summed E-state index contributed by atoms with van der Waals surface area (Å²) in [6.45, 7) is 1.36. The SMILES string of the molecule is N#CC1CNCC(S(=O)Cl)C1. The van der Waals surface area contributed by atoms with Gasteiger partial charge in [-0.2, -0.15) is 5.26 Å². The van der Waals surface area contributed by atoms with Crippen LogP contribution < -0.4 is 5.32 Å². The van der Waals surface area contributed by atoms with Crippen molar-refractivity contribution in [2.24, 2.45) is 5.92 Å². The standard InChI is InChI=1S/C6H9ClN2OS/c7-11(10)6-1-5(2-8)3-9-4-6/h5-6,9H,1,3-4H2. The van der Waals surface area contributed by atoms with Crippen LogP contribution in [0.25, 0.3) is 0 Å². The molecule has 5 heteroatoms. The van der Waals surface area contributed by atoms with E-state index in [1.54, 1.807) is 0 Å². The molecule has 3 atom stereocenters. The predicted molar refractivity (Wildman–Crippen MR) is 44.4 cm³/mol. The van der Waals surface area contributed by atoms with Crippen molar-refractivity contribution < 1.29 is 4.21 Å². The molecule has 0 saturated carbocycles. The Morgan fingerprint density at radius 3 is 2.91 bits per heavy atom. The molecule has 0 amide bonds. The van der Waals surface area contributed by atoms with Gasteiger partial charge in [0.25, 0.3) is 0 Å². The van der Waals surface area contributed by atoms with Crippen molar-refractivity contribution in [1.82, 2.24) is 5.32 Å². The molecule has 1 aliphatic rings. The summed E-state index contributed by atoms with van der Waals surface area (Å²) in [5.74, 6) is -0.0311. The Bertz CT molecular complexity index is 203. The molecule has 11 heavy (non-hydrogen) atoms. The molecule has 3 nitrogen and oxygen atoms in total. The molecule has 1 saturated heterocycles. The highest BCUT2D eigenvalue weighted by Crippen LogP contribution is 2.15. The molecule has 1 aliphatic heterocycles. The number of nitrogens with one attached hydrogen (secondary N) is 1. The molecule has 0 bridgehead atoms. The molecule has 0 aromatic carbocycles. The number of hydrogen-bond acceptors (Lipinski definition) is 3. The van der Waals surface area contributed by atoms with E-state index < -0.39 is 10.0 Å². The van der Waals surface area contributed by atoms with Crippen molar-refractivity contribution in [3.05, 3.63) is 0 Å². The molecule has 3 unspecified atom stereocenters. The van der Waals surface area contributed by atoms with E-state index in [9.17, 15) is 4.21 Å². The second-order valence-electron chi connectivity index (χ2n) is 2.59. The Morgan fingerprint density at radius 1 is 1.64 bits per heavy atom. The first kappa shape index (κ1) is 8.98. The van der Waals surface area contributed by atoms with Crippen LogP contribution in [0.1, 0.15) is 6.42 Å². The molecule has 0 spiro atoms. The summed E-state index contributed by atoms with van der Waals surface area (Å²) >= 11 is 0. The largest absolute Gasteiger partial charge is 0.314 e. The number of hydrogen-bond donors (Lipinski definition) is 1. The third-order valence-electron chi connectivity index (χ3n) is 1.75. The Kier molecular flexibility index (Phi) is 3.31. The van der Waals surface area contributed by atoms with Crippen LogP contribution >= 0.6 is 10.7 Å². The number of halogens is 1. The summed E-state index contributed by atoms with van der Waals surface area (Å²) in [7, 11) is 4.09. The highest BCUT2D eigenvalue weighted by Gasteiger charge is 2.24. The summed E-state index contributed by atoms with van der Waals surface area (Å²) in [6.07, 6.45) is 0.652. The van der Waals surface area contributed by atoms with Crippen molar-refractivity contribution in [2.45, 2.75) is 11.7 Å². The van der Waals surface area contributed by atoms with Gasteiger partial charge < -0.3 is 5.32 Å². The monoisotopic (exact) mass is 192 g/mol. The molecule has 62 valence electrons. The van der Waals surface area contributed by atoms with Crippen LogP contribution in [0.5, 0.6) is 0 Å². The first-order chi connectivity index (χ1) is 5.24. The molecule has 1 rings (SSSR count). The fourth-order valence-corrected chi connectivity index (χ4v) is 2.18. The Hall–Kier alpha value is -0.110. The molecule has 1 N–H and O–H groups in total. The van der Waals surface area contributed by atoms with Gasteiger partial charge in [-0.15, -0.1) is 0 Å². The number of rotatable bonds is 1. The third-order valence-corrected chi connectivity index (χ3v) is 3.39. The first-order valence-corrected chi connectivity index (χ1v) is 5.45. The van der Waals surface area contributed by atoms with Crippen LogP contribution in [0.3, 0.4) is 0 Å². The minimum atomic E-state index is -1.32. The Morgan fingerprint density at radius 2 is 2.36 bits per heavy atom. The highest BCUT2D eigenvalue weighted by atomic mass is 35.7. The van der Waals surface area contributed by atoms with E-state index in [-0.39, 0.29) is 11.2 Å². The lowest BCUT2D eigenvalue weighted by molar-refractivity contribution is 0.451. The summed E-state index contributed by atoms with van der Waals surface area (Å²) in [4.78, 5) is 0. The van der Waals surface area contributed by atoms with Gasteiger partial charge >= 0.3 is 0 Å². The zero-order chi connectivity index (χ0) is 8.27. The fourth-order valence-electron chi connectivity index (χ4n) is 1.14. The van der Waals surface area contributed by atoms with E-state index in [4.69, 9.17) is 15.9 Å². The van der Waals surface area contributed by atoms with Crippen LogP contribution in [0.2, 0.25) is 0 Å². The van der Waals surface area contributed by atoms with Crippen LogP contribution in [0.15, 0.2) is 0 Å². The number of nitriles is 1. The quantitative estimate of drug-likeness (QED) is 0.612. The Labute approximate surface area is 72.7 Å². The summed E-state index contributed by atoms with van der Waals surface area (Å²) in [6, 6.07) is 2.13. The van der Waals surface area contributed by atoms with Gasteiger partial charge in [-0.05, 0) is 17.1 Å². The highest BCUT2D eigenvalue weighted by molar-refractivity contribution is 8.08. The molecule has 1 fully saturated rings. The molecule has 0 aromatic rings. The van der Waals surface area contributed by atoms with Crippen LogP contribution in [-0.2, 0) is 10.0 Å². The normalized spacial score (nSPS) is 34.2. The molecular formula is C6H9ClN2OS. The van der Waals surface area contributed by atoms with Gasteiger partial charge in [-0.3, -0.25) is 0 Å². The molecule has 1 heterocycles. The first-order valence-electron chi connectivity index (χ1n) is 3.41. The minimum absolute atomic E-state index is 0.0311. The van der Waals surface area contributed by atoms with Gasteiger partial charge in [0, 0.05) is 13.1 Å². The van der Waals surface area contributed by atoms with Crippen LogP contribution in [0, 0.1) is 17.2 Å². The maximum absolute atomic E-state index is 10.8. The smallest absolute Gasteiger partial charge is 0.119 e. The zero-order valence-corrected chi connectivity index (χ0v) is 7.49. The van der Waals surface area contributed by atoms with Crippen LogP contribution in [-0.4, -0.2) is 22.5 Å². The lowest BCUT2D eigenvalue weighted by Gasteiger charge is -2.23. The summed E-state index contributed by atoms with van der Waals surface area (Å²) in [5.41, 5.74) is 0. The number of piperidine rings is 1. The maximum Gasteiger partial charge on any atom is 0.119 e. The maximum atomic E-state index is 10.8. The lowest BCUT2D eigenvalue weighted by Crippen LogP contribution is -2.39. The minimum Gasteiger partial charge on any atom is -0.314 e. The average molecular weight is 193 g/mol. The average Bonchev–Trinajstić information content (AvgIpc) is 2.05. The van der Waals surface area contributed by atoms with Crippen molar-refractivity contribution in [2.75, 3.05) is 13.1 Å². The second-order valence-corrected chi connectivity index (χ2v) is 4.67. The van der Waals surface area contributed by atoms with Gasteiger partial charge in [-0.25, -0.2) is 4.21 Å². The zero-order valence-electron chi connectivity index (χ0n) is 5.92. The van der Waals surface area contributed by atoms with E-state index in [0.29, 0.717) is 19.5 Å². The van der Waals surface area contributed by atoms with Gasteiger partial charge in [0.15, 0.2) is 0 Å². The van der Waals surface area contributed by atoms with Crippen molar-refractivity contribution in [3.8, 4) is 6.07 Å². The lowest BCUT2D eigenvalue weighted by atomic mass is 10.0.